The van der Waals surface area contributed by atoms with Gasteiger partial charge in [-0.2, -0.15) is 0 Å². The summed E-state index contributed by atoms with van der Waals surface area (Å²) < 4.78 is 31.8. The van der Waals surface area contributed by atoms with Crippen LogP contribution in [0.5, 0.6) is 0 Å². The molecule has 0 N–H and O–H groups in total. The molecular formula is C12H13ClF2O. The Morgan fingerprint density at radius 3 is 2.94 bits per heavy atom. The smallest absolute Gasteiger partial charge is 0.128 e. The Balaban J connectivity index is 2.07. The molecule has 16 heavy (non-hydrogen) atoms. The fourth-order valence-corrected chi connectivity index (χ4v) is 2.31. The number of ether oxygens (including phenoxy) is 1. The molecule has 1 nitrogen and oxygen atoms in total. The third-order valence-corrected chi connectivity index (χ3v) is 3.20. The molecule has 0 bridgehead atoms. The van der Waals surface area contributed by atoms with E-state index < -0.39 is 17.0 Å². The molecule has 0 radical (unpaired) electrons. The van der Waals surface area contributed by atoms with Gasteiger partial charge in [-0.25, -0.2) is 8.78 Å². The van der Waals surface area contributed by atoms with Gasteiger partial charge in [0, 0.05) is 12.2 Å². The normalized spacial score (nSPS) is 22.3. The lowest BCUT2D eigenvalue weighted by Gasteiger charge is -2.15. The van der Waals surface area contributed by atoms with Gasteiger partial charge in [-0.3, -0.25) is 0 Å². The number of halogens is 3. The van der Waals surface area contributed by atoms with Crippen molar-refractivity contribution in [2.24, 2.45) is 0 Å². The zero-order valence-corrected chi connectivity index (χ0v) is 9.51. The summed E-state index contributed by atoms with van der Waals surface area (Å²) >= 11 is 6.08. The van der Waals surface area contributed by atoms with Crippen LogP contribution >= 0.6 is 11.6 Å². The standard InChI is InChI=1S/C12H13ClF2O/c13-11(7-9-2-1-5-16-9)10-6-8(14)3-4-12(10)15/h3-4,6,9,11H,1-2,5,7H2. The average Bonchev–Trinajstić information content (AvgIpc) is 2.74. The van der Waals surface area contributed by atoms with Crippen LogP contribution in [0.3, 0.4) is 0 Å². The Morgan fingerprint density at radius 1 is 1.44 bits per heavy atom. The maximum Gasteiger partial charge on any atom is 0.128 e. The topological polar surface area (TPSA) is 9.23 Å². The molecule has 1 fully saturated rings. The van der Waals surface area contributed by atoms with Crippen LogP contribution < -0.4 is 0 Å². The van der Waals surface area contributed by atoms with E-state index in [1.54, 1.807) is 0 Å². The fourth-order valence-electron chi connectivity index (χ4n) is 1.94. The number of hydrogen-bond acceptors (Lipinski definition) is 1. The van der Waals surface area contributed by atoms with Crippen molar-refractivity contribution in [1.82, 2.24) is 0 Å². The van der Waals surface area contributed by atoms with Gasteiger partial charge in [0.25, 0.3) is 0 Å². The summed E-state index contributed by atoms with van der Waals surface area (Å²) in [7, 11) is 0. The van der Waals surface area contributed by atoms with Crippen molar-refractivity contribution in [3.05, 3.63) is 35.4 Å². The first-order chi connectivity index (χ1) is 7.66. The molecule has 0 aliphatic carbocycles. The lowest BCUT2D eigenvalue weighted by Crippen LogP contribution is -2.09. The predicted octanol–water partition coefficient (Wildman–Crippen LogP) is 3.81. The van der Waals surface area contributed by atoms with Gasteiger partial charge >= 0.3 is 0 Å². The Bertz CT molecular complexity index is 364. The molecule has 0 spiro atoms. The van der Waals surface area contributed by atoms with Gasteiger partial charge in [0.15, 0.2) is 0 Å². The van der Waals surface area contributed by atoms with Gasteiger partial charge in [-0.05, 0) is 37.5 Å². The Kier molecular flexibility index (Phi) is 3.77. The van der Waals surface area contributed by atoms with Gasteiger partial charge in [0.05, 0.1) is 11.5 Å². The fraction of sp³-hybridized carbons (Fsp3) is 0.500. The van der Waals surface area contributed by atoms with Crippen LogP contribution in [-0.4, -0.2) is 12.7 Å². The van der Waals surface area contributed by atoms with E-state index >= 15 is 0 Å². The second-order valence-corrected chi connectivity index (χ2v) is 4.53. The zero-order chi connectivity index (χ0) is 11.5. The van der Waals surface area contributed by atoms with Gasteiger partial charge in [0.2, 0.25) is 0 Å². The van der Waals surface area contributed by atoms with Crippen molar-refractivity contribution in [1.29, 1.82) is 0 Å². The van der Waals surface area contributed by atoms with Crippen molar-refractivity contribution in [3.63, 3.8) is 0 Å². The molecule has 1 aliphatic heterocycles. The molecule has 1 aromatic rings. The van der Waals surface area contributed by atoms with Crippen molar-refractivity contribution in [3.8, 4) is 0 Å². The molecule has 1 heterocycles. The molecule has 1 aliphatic rings. The predicted molar refractivity (Wildman–Crippen MR) is 58.5 cm³/mol. The second-order valence-electron chi connectivity index (χ2n) is 4.00. The third-order valence-electron chi connectivity index (χ3n) is 2.79. The Hall–Kier alpha value is -0.670. The maximum absolute atomic E-state index is 13.4. The minimum atomic E-state index is -0.529. The maximum atomic E-state index is 13.4. The van der Waals surface area contributed by atoms with E-state index in [-0.39, 0.29) is 11.7 Å². The summed E-state index contributed by atoms with van der Waals surface area (Å²) in [4.78, 5) is 0. The summed E-state index contributed by atoms with van der Waals surface area (Å²) in [6, 6.07) is 3.35. The number of rotatable bonds is 3. The van der Waals surface area contributed by atoms with E-state index in [9.17, 15) is 8.78 Å². The number of benzene rings is 1. The quantitative estimate of drug-likeness (QED) is 0.737. The van der Waals surface area contributed by atoms with Crippen LogP contribution in [-0.2, 0) is 4.74 Å². The van der Waals surface area contributed by atoms with Gasteiger partial charge in [-0.15, -0.1) is 11.6 Å². The lowest BCUT2D eigenvalue weighted by atomic mass is 10.0. The minimum Gasteiger partial charge on any atom is -0.378 e. The molecule has 1 aromatic carbocycles. The molecule has 0 amide bonds. The summed E-state index contributed by atoms with van der Waals surface area (Å²) in [5.41, 5.74) is 0.220. The van der Waals surface area contributed by atoms with Crippen molar-refractivity contribution in [2.75, 3.05) is 6.61 Å². The molecule has 4 heteroatoms. The molecule has 0 saturated carbocycles. The number of alkyl halides is 1. The zero-order valence-electron chi connectivity index (χ0n) is 8.76. The minimum absolute atomic E-state index is 0.0742. The molecule has 2 unspecified atom stereocenters. The molecular weight excluding hydrogens is 234 g/mol. The van der Waals surface area contributed by atoms with E-state index in [1.165, 1.54) is 0 Å². The van der Waals surface area contributed by atoms with Crippen LogP contribution in [0, 0.1) is 11.6 Å². The highest BCUT2D eigenvalue weighted by molar-refractivity contribution is 6.20. The van der Waals surface area contributed by atoms with Crippen LogP contribution in [0.15, 0.2) is 18.2 Å². The van der Waals surface area contributed by atoms with Crippen LogP contribution in [0.1, 0.15) is 30.2 Å². The monoisotopic (exact) mass is 246 g/mol. The van der Waals surface area contributed by atoms with Crippen LogP contribution in [0.2, 0.25) is 0 Å². The summed E-state index contributed by atoms with van der Waals surface area (Å²) in [6.07, 6.45) is 2.56. The number of hydrogen-bond donors (Lipinski definition) is 0. The lowest BCUT2D eigenvalue weighted by molar-refractivity contribution is 0.103. The first-order valence-electron chi connectivity index (χ1n) is 5.37. The summed E-state index contributed by atoms with van der Waals surface area (Å²) in [6.45, 7) is 0.736. The highest BCUT2D eigenvalue weighted by Gasteiger charge is 2.22. The largest absolute Gasteiger partial charge is 0.378 e. The Labute approximate surface area is 98.4 Å². The van der Waals surface area contributed by atoms with Gasteiger partial charge in [0.1, 0.15) is 11.6 Å². The highest BCUT2D eigenvalue weighted by Crippen LogP contribution is 2.31. The molecule has 1 saturated heterocycles. The SMILES string of the molecule is Fc1ccc(F)c(C(Cl)CC2CCCO2)c1. The average molecular weight is 247 g/mol. The van der Waals surface area contributed by atoms with Gasteiger partial charge in [-0.1, -0.05) is 0 Å². The Morgan fingerprint density at radius 2 is 2.25 bits per heavy atom. The molecule has 2 atom stereocenters. The van der Waals surface area contributed by atoms with E-state index in [1.807, 2.05) is 0 Å². The van der Waals surface area contributed by atoms with E-state index in [0.29, 0.717) is 6.42 Å². The van der Waals surface area contributed by atoms with E-state index in [2.05, 4.69) is 0 Å². The van der Waals surface area contributed by atoms with Gasteiger partial charge < -0.3 is 4.74 Å². The van der Waals surface area contributed by atoms with Crippen molar-refractivity contribution >= 4 is 11.6 Å². The van der Waals surface area contributed by atoms with Crippen LogP contribution in [0.4, 0.5) is 8.78 Å². The summed E-state index contributed by atoms with van der Waals surface area (Å²) in [5.74, 6) is -0.922. The first kappa shape index (κ1) is 11.8. The molecule has 88 valence electrons. The summed E-state index contributed by atoms with van der Waals surface area (Å²) in [5, 5.41) is -0.529. The van der Waals surface area contributed by atoms with Crippen molar-refractivity contribution in [2.45, 2.75) is 30.7 Å². The molecule has 2 rings (SSSR count). The van der Waals surface area contributed by atoms with Crippen LogP contribution in [0.25, 0.3) is 0 Å². The molecule has 0 aromatic heterocycles. The van der Waals surface area contributed by atoms with E-state index in [0.717, 1.165) is 37.6 Å². The van der Waals surface area contributed by atoms with E-state index in [4.69, 9.17) is 16.3 Å². The second kappa shape index (κ2) is 5.11. The van der Waals surface area contributed by atoms with Crippen molar-refractivity contribution < 1.29 is 13.5 Å². The highest BCUT2D eigenvalue weighted by atomic mass is 35.5. The first-order valence-corrected chi connectivity index (χ1v) is 5.81. The third kappa shape index (κ3) is 2.71.